The molecule has 2 N–H and O–H groups in total. The van der Waals surface area contributed by atoms with Crippen LogP contribution in [0.5, 0.6) is 11.5 Å². The zero-order chi connectivity index (χ0) is 13.1. The van der Waals surface area contributed by atoms with Crippen LogP contribution in [-0.2, 0) is 6.54 Å². The van der Waals surface area contributed by atoms with Gasteiger partial charge in [0.05, 0.1) is 0 Å². The van der Waals surface area contributed by atoms with E-state index >= 15 is 0 Å². The molecule has 2 nitrogen and oxygen atoms in total. The van der Waals surface area contributed by atoms with Crippen LogP contribution in [0.15, 0.2) is 40.9 Å². The molecular weight excluding hydrogens is 304 g/mol. The van der Waals surface area contributed by atoms with Crippen LogP contribution in [0.3, 0.4) is 0 Å². The number of benzene rings is 2. The highest BCUT2D eigenvalue weighted by Gasteiger charge is 2.10. The summed E-state index contributed by atoms with van der Waals surface area (Å²) < 4.78 is 32.4. The van der Waals surface area contributed by atoms with E-state index in [0.29, 0.717) is 12.3 Å². The molecule has 2 aromatic rings. The molecule has 0 saturated heterocycles. The molecule has 18 heavy (non-hydrogen) atoms. The Morgan fingerprint density at radius 2 is 1.94 bits per heavy atom. The lowest BCUT2D eigenvalue weighted by molar-refractivity contribution is 0.416. The molecule has 94 valence electrons. The Hall–Kier alpha value is -1.46. The molecule has 0 radical (unpaired) electrons. The molecule has 0 aromatic heterocycles. The first-order valence-corrected chi connectivity index (χ1v) is 6.01. The lowest BCUT2D eigenvalue weighted by Crippen LogP contribution is -1.97. The number of halogens is 3. The van der Waals surface area contributed by atoms with Gasteiger partial charge >= 0.3 is 0 Å². The van der Waals surface area contributed by atoms with Gasteiger partial charge in [0.15, 0.2) is 11.6 Å². The SMILES string of the molecule is NCc1ccc(Oc2cccc(F)c2F)cc1Br. The molecule has 2 aromatic carbocycles. The molecule has 0 aliphatic carbocycles. The van der Waals surface area contributed by atoms with E-state index in [0.717, 1.165) is 16.1 Å². The number of rotatable bonds is 3. The van der Waals surface area contributed by atoms with E-state index in [2.05, 4.69) is 15.9 Å². The average Bonchev–Trinajstić information content (AvgIpc) is 2.35. The van der Waals surface area contributed by atoms with Gasteiger partial charge in [-0.3, -0.25) is 0 Å². The number of hydrogen-bond acceptors (Lipinski definition) is 2. The van der Waals surface area contributed by atoms with E-state index < -0.39 is 11.6 Å². The van der Waals surface area contributed by atoms with Crippen LogP contribution in [0.4, 0.5) is 8.78 Å². The minimum Gasteiger partial charge on any atom is -0.454 e. The third kappa shape index (κ3) is 2.68. The quantitative estimate of drug-likeness (QED) is 0.930. The van der Waals surface area contributed by atoms with Crippen molar-refractivity contribution in [3.8, 4) is 11.5 Å². The largest absolute Gasteiger partial charge is 0.454 e. The monoisotopic (exact) mass is 313 g/mol. The van der Waals surface area contributed by atoms with Gasteiger partial charge in [-0.2, -0.15) is 4.39 Å². The van der Waals surface area contributed by atoms with Gasteiger partial charge in [0.1, 0.15) is 5.75 Å². The first-order chi connectivity index (χ1) is 8.61. The molecule has 0 aliphatic rings. The van der Waals surface area contributed by atoms with E-state index in [1.165, 1.54) is 12.1 Å². The molecule has 0 heterocycles. The lowest BCUT2D eigenvalue weighted by Gasteiger charge is -2.09. The van der Waals surface area contributed by atoms with Crippen LogP contribution < -0.4 is 10.5 Å². The Bertz CT molecular complexity index is 575. The summed E-state index contributed by atoms with van der Waals surface area (Å²) in [5.74, 6) is -1.69. The maximum absolute atomic E-state index is 13.4. The summed E-state index contributed by atoms with van der Waals surface area (Å²) in [7, 11) is 0. The topological polar surface area (TPSA) is 35.2 Å². The van der Waals surface area contributed by atoms with Crippen LogP contribution >= 0.6 is 15.9 Å². The highest BCUT2D eigenvalue weighted by Crippen LogP contribution is 2.29. The van der Waals surface area contributed by atoms with Crippen LogP contribution in [0, 0.1) is 11.6 Å². The first-order valence-electron chi connectivity index (χ1n) is 5.22. The Morgan fingerprint density at radius 3 is 2.61 bits per heavy atom. The average molecular weight is 314 g/mol. The zero-order valence-corrected chi connectivity index (χ0v) is 10.9. The predicted octanol–water partition coefficient (Wildman–Crippen LogP) is 3.98. The van der Waals surface area contributed by atoms with E-state index in [-0.39, 0.29) is 5.75 Å². The first kappa shape index (κ1) is 13.0. The smallest absolute Gasteiger partial charge is 0.201 e. The molecule has 0 bridgehead atoms. The summed E-state index contributed by atoms with van der Waals surface area (Å²) in [6, 6.07) is 8.86. The maximum atomic E-state index is 13.4. The molecular formula is C13H10BrF2NO. The van der Waals surface area contributed by atoms with Gasteiger partial charge in [-0.1, -0.05) is 28.1 Å². The Labute approximate surface area is 112 Å². The van der Waals surface area contributed by atoms with Gasteiger partial charge in [0.25, 0.3) is 0 Å². The Balaban J connectivity index is 2.29. The van der Waals surface area contributed by atoms with Crippen molar-refractivity contribution >= 4 is 15.9 Å². The minimum atomic E-state index is -1.00. The van der Waals surface area contributed by atoms with Crippen molar-refractivity contribution < 1.29 is 13.5 Å². The second-order valence-electron chi connectivity index (χ2n) is 3.61. The van der Waals surface area contributed by atoms with Crippen molar-refractivity contribution in [2.24, 2.45) is 5.73 Å². The van der Waals surface area contributed by atoms with Crippen molar-refractivity contribution in [2.75, 3.05) is 0 Å². The van der Waals surface area contributed by atoms with E-state index in [9.17, 15) is 8.78 Å². The van der Waals surface area contributed by atoms with Gasteiger partial charge in [-0.15, -0.1) is 0 Å². The molecule has 0 atom stereocenters. The predicted molar refractivity (Wildman–Crippen MR) is 68.5 cm³/mol. The van der Waals surface area contributed by atoms with Gasteiger partial charge in [0, 0.05) is 11.0 Å². The lowest BCUT2D eigenvalue weighted by atomic mass is 10.2. The van der Waals surface area contributed by atoms with E-state index in [4.69, 9.17) is 10.5 Å². The highest BCUT2D eigenvalue weighted by atomic mass is 79.9. The van der Waals surface area contributed by atoms with Crippen LogP contribution in [-0.4, -0.2) is 0 Å². The molecule has 0 saturated carbocycles. The summed E-state index contributed by atoms with van der Waals surface area (Å²) >= 11 is 3.33. The second kappa shape index (κ2) is 5.46. The summed E-state index contributed by atoms with van der Waals surface area (Å²) in [4.78, 5) is 0. The van der Waals surface area contributed by atoms with E-state index in [1.54, 1.807) is 18.2 Å². The van der Waals surface area contributed by atoms with Crippen molar-refractivity contribution in [2.45, 2.75) is 6.54 Å². The summed E-state index contributed by atoms with van der Waals surface area (Å²) in [6.07, 6.45) is 0. The fraction of sp³-hybridized carbons (Fsp3) is 0.0769. The molecule has 0 aliphatic heterocycles. The maximum Gasteiger partial charge on any atom is 0.201 e. The minimum absolute atomic E-state index is 0.151. The molecule has 2 rings (SSSR count). The third-order valence-electron chi connectivity index (χ3n) is 2.39. The summed E-state index contributed by atoms with van der Waals surface area (Å²) in [5.41, 5.74) is 6.42. The number of nitrogens with two attached hydrogens (primary N) is 1. The standard InChI is InChI=1S/C13H10BrF2NO/c14-10-6-9(5-4-8(10)7-17)18-12-3-1-2-11(15)13(12)16/h1-6H,7,17H2. The highest BCUT2D eigenvalue weighted by molar-refractivity contribution is 9.10. The molecule has 0 unspecified atom stereocenters. The Morgan fingerprint density at radius 1 is 1.17 bits per heavy atom. The molecule has 0 amide bonds. The van der Waals surface area contributed by atoms with Crippen LogP contribution in [0.2, 0.25) is 0 Å². The van der Waals surface area contributed by atoms with Crippen LogP contribution in [0.25, 0.3) is 0 Å². The molecule has 0 fully saturated rings. The Kier molecular flexibility index (Phi) is 3.93. The van der Waals surface area contributed by atoms with Gasteiger partial charge in [0.2, 0.25) is 5.82 Å². The van der Waals surface area contributed by atoms with Gasteiger partial charge in [-0.05, 0) is 29.8 Å². The fourth-order valence-corrected chi connectivity index (χ4v) is 1.97. The molecule has 5 heteroatoms. The second-order valence-corrected chi connectivity index (χ2v) is 4.47. The fourth-order valence-electron chi connectivity index (χ4n) is 1.45. The molecule has 0 spiro atoms. The zero-order valence-electron chi connectivity index (χ0n) is 9.29. The van der Waals surface area contributed by atoms with Gasteiger partial charge in [-0.25, -0.2) is 4.39 Å². The van der Waals surface area contributed by atoms with E-state index in [1.807, 2.05) is 0 Å². The summed E-state index contributed by atoms with van der Waals surface area (Å²) in [5, 5.41) is 0. The third-order valence-corrected chi connectivity index (χ3v) is 3.13. The summed E-state index contributed by atoms with van der Waals surface area (Å²) in [6.45, 7) is 0.384. The number of ether oxygens (including phenoxy) is 1. The van der Waals surface area contributed by atoms with Crippen LogP contribution in [0.1, 0.15) is 5.56 Å². The number of hydrogen-bond donors (Lipinski definition) is 1. The van der Waals surface area contributed by atoms with Crippen molar-refractivity contribution in [3.05, 3.63) is 58.1 Å². The van der Waals surface area contributed by atoms with Crippen molar-refractivity contribution in [3.63, 3.8) is 0 Å². The van der Waals surface area contributed by atoms with Crippen molar-refractivity contribution in [1.29, 1.82) is 0 Å². The normalized spacial score (nSPS) is 10.4. The van der Waals surface area contributed by atoms with Crippen molar-refractivity contribution in [1.82, 2.24) is 0 Å². The van der Waals surface area contributed by atoms with Gasteiger partial charge < -0.3 is 10.5 Å².